The van der Waals surface area contributed by atoms with E-state index in [9.17, 15) is 9.59 Å². The van der Waals surface area contributed by atoms with Gasteiger partial charge in [-0.05, 0) is 45.7 Å². The molecule has 1 rings (SSSR count). The van der Waals surface area contributed by atoms with Crippen LogP contribution in [0, 0.1) is 13.8 Å². The molecule has 0 aliphatic heterocycles. The number of nitrogens with zero attached hydrogens (tertiary/aromatic N) is 1. The molecule has 0 aliphatic rings. The topological polar surface area (TPSA) is 99.1 Å². The Labute approximate surface area is 161 Å². The van der Waals surface area contributed by atoms with Crippen molar-refractivity contribution in [2.75, 3.05) is 13.1 Å². The predicted molar refractivity (Wildman–Crippen MR) is 105 cm³/mol. The van der Waals surface area contributed by atoms with E-state index in [1.165, 1.54) is 11.0 Å². The molecule has 1 aromatic carbocycles. The third-order valence-electron chi connectivity index (χ3n) is 3.95. The highest BCUT2D eigenvalue weighted by Crippen LogP contribution is 2.13. The molecule has 0 saturated carbocycles. The zero-order valence-electron chi connectivity index (χ0n) is 16.7. The van der Waals surface area contributed by atoms with E-state index in [0.29, 0.717) is 6.54 Å². The highest BCUT2D eigenvalue weighted by atomic mass is 16.6. The summed E-state index contributed by atoms with van der Waals surface area (Å²) in [5.74, 6) is -0.690. The van der Waals surface area contributed by atoms with Crippen molar-refractivity contribution >= 4 is 19.1 Å². The van der Waals surface area contributed by atoms with Gasteiger partial charge in [-0.2, -0.15) is 0 Å². The summed E-state index contributed by atoms with van der Waals surface area (Å²) in [4.78, 5) is 25.9. The maximum Gasteiger partial charge on any atom is 0.635 e. The lowest BCUT2D eigenvalue weighted by molar-refractivity contribution is -0.133. The van der Waals surface area contributed by atoms with Gasteiger partial charge in [0.1, 0.15) is 6.23 Å². The van der Waals surface area contributed by atoms with Gasteiger partial charge < -0.3 is 24.9 Å². The summed E-state index contributed by atoms with van der Waals surface area (Å²) < 4.78 is 5.01. The zero-order valence-corrected chi connectivity index (χ0v) is 16.7. The normalized spacial score (nSPS) is 11.5. The Bertz CT molecular complexity index is 687. The molecule has 0 fully saturated rings. The van der Waals surface area contributed by atoms with Crippen LogP contribution in [0.2, 0.25) is 0 Å². The molecule has 0 unspecified atom stereocenters. The van der Waals surface area contributed by atoms with Gasteiger partial charge in [0.05, 0.1) is 6.54 Å². The van der Waals surface area contributed by atoms with E-state index in [1.54, 1.807) is 6.92 Å². The van der Waals surface area contributed by atoms with Crippen molar-refractivity contribution in [1.82, 2.24) is 10.2 Å². The van der Waals surface area contributed by atoms with Crippen LogP contribution in [0.5, 0.6) is 0 Å². The average Bonchev–Trinajstić information content (AvgIpc) is 2.53. The van der Waals surface area contributed by atoms with E-state index in [1.807, 2.05) is 45.9 Å². The van der Waals surface area contributed by atoms with Gasteiger partial charge in [-0.25, -0.2) is 0 Å². The third kappa shape index (κ3) is 8.38. The van der Waals surface area contributed by atoms with Crippen LogP contribution in [0.4, 0.5) is 0 Å². The highest BCUT2D eigenvalue weighted by molar-refractivity contribution is 6.32. The molecule has 0 bridgehead atoms. The highest BCUT2D eigenvalue weighted by Gasteiger charge is 2.22. The Hall–Kier alpha value is -2.16. The van der Waals surface area contributed by atoms with Gasteiger partial charge in [0.15, 0.2) is 0 Å². The number of carbonyl (C=O) groups excluding carboxylic acids is 2. The number of allylic oxidation sites excluding steroid dienone is 1. The van der Waals surface area contributed by atoms with Gasteiger partial charge in [-0.3, -0.25) is 9.59 Å². The molecule has 27 heavy (non-hydrogen) atoms. The predicted octanol–water partition coefficient (Wildman–Crippen LogP) is 1.09. The fraction of sp³-hybridized carbons (Fsp3) is 0.474. The van der Waals surface area contributed by atoms with Crippen molar-refractivity contribution in [1.29, 1.82) is 0 Å². The van der Waals surface area contributed by atoms with Crippen LogP contribution in [0.25, 0.3) is 0 Å². The Morgan fingerprint density at radius 3 is 2.48 bits per heavy atom. The van der Waals surface area contributed by atoms with Gasteiger partial charge in [0.2, 0.25) is 11.8 Å². The fourth-order valence-electron chi connectivity index (χ4n) is 2.64. The van der Waals surface area contributed by atoms with E-state index < -0.39 is 19.5 Å². The smallest absolute Gasteiger partial charge is 0.402 e. The molecule has 1 aromatic rings. The number of benzene rings is 1. The van der Waals surface area contributed by atoms with E-state index in [-0.39, 0.29) is 18.9 Å². The average molecular weight is 376 g/mol. The van der Waals surface area contributed by atoms with Crippen LogP contribution in [-0.4, -0.2) is 53.4 Å². The first-order valence-electron chi connectivity index (χ1n) is 8.93. The summed E-state index contributed by atoms with van der Waals surface area (Å²) in [6.45, 7) is 9.55. The first kappa shape index (κ1) is 22.9. The molecule has 2 amide bonds. The van der Waals surface area contributed by atoms with Gasteiger partial charge >= 0.3 is 7.32 Å². The number of likely N-dealkylation sites (N-methyl/N-ethyl adjacent to an activating group) is 1. The Kier molecular flexibility index (Phi) is 9.21. The lowest BCUT2D eigenvalue weighted by atomic mass is 10.0. The summed E-state index contributed by atoms with van der Waals surface area (Å²) in [7, 11) is -2.02. The van der Waals surface area contributed by atoms with E-state index >= 15 is 0 Å². The van der Waals surface area contributed by atoms with E-state index in [0.717, 1.165) is 22.3 Å². The molecule has 0 heterocycles. The number of nitrogens with one attached hydrogen (secondary N) is 1. The molecule has 0 saturated heterocycles. The number of hydrogen-bond donors (Lipinski definition) is 3. The van der Waals surface area contributed by atoms with Crippen molar-refractivity contribution in [3.63, 3.8) is 0 Å². The maximum absolute atomic E-state index is 12.4. The minimum absolute atomic E-state index is 0.145. The second kappa shape index (κ2) is 10.9. The zero-order chi connectivity index (χ0) is 20.6. The summed E-state index contributed by atoms with van der Waals surface area (Å²) in [6, 6.07) is 5.85. The molecule has 3 N–H and O–H groups in total. The van der Waals surface area contributed by atoms with Crippen molar-refractivity contribution < 1.29 is 24.3 Å². The lowest BCUT2D eigenvalue weighted by Gasteiger charge is -2.23. The van der Waals surface area contributed by atoms with E-state index in [4.69, 9.17) is 14.7 Å². The van der Waals surface area contributed by atoms with Crippen molar-refractivity contribution in [3.05, 3.63) is 46.5 Å². The van der Waals surface area contributed by atoms with Crippen LogP contribution in [0.1, 0.15) is 37.5 Å². The second-order valence-electron chi connectivity index (χ2n) is 6.73. The van der Waals surface area contributed by atoms with Crippen molar-refractivity contribution in [3.8, 4) is 0 Å². The summed E-state index contributed by atoms with van der Waals surface area (Å²) in [5, 5.41) is 20.9. The van der Waals surface area contributed by atoms with Crippen LogP contribution >= 0.6 is 0 Å². The Balaban J connectivity index is 2.81. The van der Waals surface area contributed by atoms with Crippen molar-refractivity contribution in [2.45, 2.75) is 47.3 Å². The maximum atomic E-state index is 12.4. The first-order valence-corrected chi connectivity index (χ1v) is 8.93. The van der Waals surface area contributed by atoms with Gasteiger partial charge in [0, 0.05) is 19.0 Å². The van der Waals surface area contributed by atoms with Gasteiger partial charge in [-0.15, -0.1) is 0 Å². The molecule has 8 heteroatoms. The Morgan fingerprint density at radius 1 is 1.30 bits per heavy atom. The van der Waals surface area contributed by atoms with Crippen LogP contribution in [0.15, 0.2) is 29.8 Å². The molecule has 0 radical (unpaired) electrons. The lowest BCUT2D eigenvalue weighted by Crippen LogP contribution is -2.47. The molecular weight excluding hydrogens is 347 g/mol. The number of carbonyl (C=O) groups is 2. The molecule has 0 aliphatic carbocycles. The van der Waals surface area contributed by atoms with Crippen LogP contribution in [0.3, 0.4) is 0 Å². The summed E-state index contributed by atoms with van der Waals surface area (Å²) >= 11 is 0. The molecular formula is C19H29BN2O5. The van der Waals surface area contributed by atoms with Gasteiger partial charge in [0.25, 0.3) is 0 Å². The summed E-state index contributed by atoms with van der Waals surface area (Å²) in [5.41, 5.74) is 3.88. The van der Waals surface area contributed by atoms with Crippen LogP contribution < -0.4 is 5.32 Å². The molecule has 148 valence electrons. The quantitative estimate of drug-likeness (QED) is 0.340. The molecule has 0 aromatic heterocycles. The second-order valence-corrected chi connectivity index (χ2v) is 6.73. The van der Waals surface area contributed by atoms with Gasteiger partial charge in [-0.1, -0.05) is 29.3 Å². The molecule has 1 atom stereocenters. The molecule has 7 nitrogen and oxygen atoms in total. The standard InChI is InChI=1S/C19H29BN2O5/c1-6-22(19(24)9-13(2)3)12-17(23)21-18(27-20(25)26)11-16-8-7-14(4)10-15(16)5/h7-10,18,25-26H,6,11-12H2,1-5H3,(H,21,23)/t18-/m1/s1. The SMILES string of the molecule is CCN(CC(=O)N[C@@H](Cc1ccc(C)cc1C)OB(O)O)C(=O)C=C(C)C. The number of hydrogen-bond acceptors (Lipinski definition) is 5. The Morgan fingerprint density at radius 2 is 1.96 bits per heavy atom. The minimum Gasteiger partial charge on any atom is -0.402 e. The van der Waals surface area contributed by atoms with E-state index in [2.05, 4.69) is 5.32 Å². The fourth-order valence-corrected chi connectivity index (χ4v) is 2.64. The largest absolute Gasteiger partial charge is 0.635 e. The van der Waals surface area contributed by atoms with Crippen LogP contribution in [-0.2, 0) is 20.7 Å². The third-order valence-corrected chi connectivity index (χ3v) is 3.95. The summed E-state index contributed by atoms with van der Waals surface area (Å²) in [6.07, 6.45) is 0.803. The molecule has 0 spiro atoms. The monoisotopic (exact) mass is 376 g/mol. The number of aryl methyl sites for hydroxylation is 2. The van der Waals surface area contributed by atoms with Crippen molar-refractivity contribution in [2.24, 2.45) is 0 Å². The number of amides is 2. The first-order chi connectivity index (χ1) is 12.6. The number of rotatable bonds is 9. The minimum atomic E-state index is -2.02.